The zero-order valence-corrected chi connectivity index (χ0v) is 28.6. The molecular weight excluding hydrogens is 648 g/mol. The van der Waals surface area contributed by atoms with Gasteiger partial charge >= 0.3 is 0 Å². The van der Waals surface area contributed by atoms with E-state index in [0.29, 0.717) is 49.0 Å². The Labute approximate surface area is 287 Å². The Morgan fingerprint density at radius 3 is 2.59 bits per heavy atom. The lowest BCUT2D eigenvalue weighted by molar-refractivity contribution is -0.129. The number of ketones is 1. The first-order valence-electron chi connectivity index (χ1n) is 17.5. The number of benzene rings is 1. The number of hydrogen-bond acceptors (Lipinski definition) is 10. The summed E-state index contributed by atoms with van der Waals surface area (Å²) in [5.74, 6) is -0.291. The second kappa shape index (κ2) is 16.3. The van der Waals surface area contributed by atoms with E-state index < -0.39 is 39.0 Å². The van der Waals surface area contributed by atoms with Gasteiger partial charge in [-0.2, -0.15) is 0 Å². The van der Waals surface area contributed by atoms with Crippen LogP contribution in [0.1, 0.15) is 74.8 Å². The standard InChI is InChI=1S/C36H46N4O8S/c41-31-24-28(49(44,45)34-11-4-5-14-37-34)9-6-10-29(31)38-35(42)30(21-25-7-2-1-3-8-25)39-36(43)33-23-26-22-27(12-13-32(26)48-33)47-20-17-40-15-18-46-19-16-40/h4-5,11-14,22-23,25,28-30H,1-3,6-10,15-21,24H2,(H,38,42)(H,39,43)/t28?,29?,30-/m0/s1. The van der Waals surface area contributed by atoms with Crippen LogP contribution in [0.25, 0.3) is 11.0 Å². The third-order valence-corrected chi connectivity index (χ3v) is 12.0. The Bertz CT molecular complexity index is 1700. The van der Waals surface area contributed by atoms with Crippen molar-refractivity contribution in [1.29, 1.82) is 0 Å². The van der Waals surface area contributed by atoms with E-state index in [1.54, 1.807) is 24.3 Å². The molecule has 3 atom stereocenters. The van der Waals surface area contributed by atoms with Gasteiger partial charge in [0.25, 0.3) is 5.91 Å². The quantitative estimate of drug-likeness (QED) is 0.265. The van der Waals surface area contributed by atoms with Crippen molar-refractivity contribution in [2.75, 3.05) is 39.5 Å². The van der Waals surface area contributed by atoms with E-state index in [4.69, 9.17) is 13.9 Å². The first kappa shape index (κ1) is 35.0. The molecule has 1 saturated heterocycles. The van der Waals surface area contributed by atoms with Crippen LogP contribution >= 0.6 is 0 Å². The number of carbonyl (C=O) groups is 3. The largest absolute Gasteiger partial charge is 0.492 e. The number of hydrogen-bond donors (Lipinski definition) is 2. The Balaban J connectivity index is 1.10. The van der Waals surface area contributed by atoms with Crippen molar-refractivity contribution in [3.05, 3.63) is 54.4 Å². The fourth-order valence-corrected chi connectivity index (χ4v) is 8.79. The molecule has 3 aromatic rings. The number of nitrogens with zero attached hydrogens (tertiary/aromatic N) is 2. The van der Waals surface area contributed by atoms with E-state index in [0.717, 1.165) is 65.0 Å². The summed E-state index contributed by atoms with van der Waals surface area (Å²) in [6.45, 7) is 4.55. The maximum atomic E-state index is 13.8. The summed E-state index contributed by atoms with van der Waals surface area (Å²) in [7, 11) is -3.80. The summed E-state index contributed by atoms with van der Waals surface area (Å²) in [6, 6.07) is 10.0. The Hall–Kier alpha value is -3.81. The Kier molecular flexibility index (Phi) is 11.6. The van der Waals surface area contributed by atoms with E-state index in [1.807, 2.05) is 12.1 Å². The minimum absolute atomic E-state index is 0.0522. The third kappa shape index (κ3) is 9.06. The summed E-state index contributed by atoms with van der Waals surface area (Å²) in [6.07, 6.45) is 7.94. The SMILES string of the molecule is O=C(N[C@@H](CC1CCCCC1)C(=O)NC1CCCC(S(=O)(=O)c2ccccn2)CC1=O)c1cc2cc(OCCN3CCOCC3)ccc2o1. The van der Waals surface area contributed by atoms with Crippen LogP contribution in [0.3, 0.4) is 0 Å². The summed E-state index contributed by atoms with van der Waals surface area (Å²) in [5, 5.41) is 5.52. The molecule has 6 rings (SSSR count). The fourth-order valence-electron chi connectivity index (χ4n) is 7.11. The van der Waals surface area contributed by atoms with Crippen LogP contribution in [-0.4, -0.2) is 92.7 Å². The van der Waals surface area contributed by atoms with Crippen LogP contribution in [0.5, 0.6) is 5.75 Å². The van der Waals surface area contributed by atoms with Crippen LogP contribution in [-0.2, 0) is 24.2 Å². The molecule has 2 N–H and O–H groups in total. The van der Waals surface area contributed by atoms with Gasteiger partial charge in [0.1, 0.15) is 24.0 Å². The molecule has 0 radical (unpaired) electrons. The molecule has 0 spiro atoms. The predicted octanol–water partition coefficient (Wildman–Crippen LogP) is 4.08. The maximum absolute atomic E-state index is 13.8. The minimum Gasteiger partial charge on any atom is -0.492 e. The normalized spacial score (nSPS) is 21.9. The third-order valence-electron chi connectivity index (χ3n) is 9.93. The van der Waals surface area contributed by atoms with E-state index >= 15 is 0 Å². The van der Waals surface area contributed by atoms with Crippen molar-refractivity contribution in [1.82, 2.24) is 20.5 Å². The molecule has 2 aromatic heterocycles. The lowest BCUT2D eigenvalue weighted by Crippen LogP contribution is -2.52. The highest BCUT2D eigenvalue weighted by Crippen LogP contribution is 2.29. The number of Topliss-reactive ketones (excluding diaryl/α,β-unsaturated/α-hetero) is 1. The van der Waals surface area contributed by atoms with Gasteiger partial charge in [-0.25, -0.2) is 13.4 Å². The number of carbonyl (C=O) groups excluding carboxylic acids is 3. The van der Waals surface area contributed by atoms with Gasteiger partial charge in [-0.3, -0.25) is 19.3 Å². The number of pyridine rings is 1. The van der Waals surface area contributed by atoms with E-state index in [-0.39, 0.29) is 28.9 Å². The zero-order chi connectivity index (χ0) is 34.2. The molecule has 3 heterocycles. The molecule has 3 fully saturated rings. The first-order valence-corrected chi connectivity index (χ1v) is 19.1. The fraction of sp³-hybridized carbons (Fsp3) is 0.556. The average Bonchev–Trinajstić information content (AvgIpc) is 3.46. The lowest BCUT2D eigenvalue weighted by Gasteiger charge is -2.27. The molecular formula is C36H46N4O8S. The lowest BCUT2D eigenvalue weighted by atomic mass is 9.84. The number of furan rings is 1. The summed E-state index contributed by atoms with van der Waals surface area (Å²) < 4.78 is 43.7. The van der Waals surface area contributed by atoms with Crippen molar-refractivity contribution in [2.24, 2.45) is 5.92 Å². The van der Waals surface area contributed by atoms with Gasteiger partial charge in [-0.15, -0.1) is 0 Å². The highest BCUT2D eigenvalue weighted by Gasteiger charge is 2.37. The number of morpholine rings is 1. The van der Waals surface area contributed by atoms with Gasteiger partial charge in [0.05, 0.1) is 24.5 Å². The molecule has 0 bridgehead atoms. The van der Waals surface area contributed by atoms with Gasteiger partial charge in [0.15, 0.2) is 26.4 Å². The predicted molar refractivity (Wildman–Crippen MR) is 182 cm³/mol. The van der Waals surface area contributed by atoms with Crippen LogP contribution in [0.15, 0.2) is 58.1 Å². The number of sulfone groups is 1. The van der Waals surface area contributed by atoms with Crippen molar-refractivity contribution < 1.29 is 36.7 Å². The second-order valence-corrected chi connectivity index (χ2v) is 15.6. The number of nitrogens with one attached hydrogen (secondary N) is 2. The molecule has 264 valence electrons. The van der Waals surface area contributed by atoms with E-state index in [2.05, 4.69) is 20.5 Å². The smallest absolute Gasteiger partial charge is 0.287 e. The second-order valence-electron chi connectivity index (χ2n) is 13.4. The monoisotopic (exact) mass is 694 g/mol. The van der Waals surface area contributed by atoms with Gasteiger partial charge in [-0.1, -0.05) is 38.2 Å². The van der Waals surface area contributed by atoms with Crippen molar-refractivity contribution >= 4 is 38.4 Å². The molecule has 2 saturated carbocycles. The molecule has 1 aliphatic heterocycles. The van der Waals surface area contributed by atoms with Crippen molar-refractivity contribution in [3.8, 4) is 5.75 Å². The van der Waals surface area contributed by atoms with Gasteiger partial charge in [0, 0.05) is 37.6 Å². The van der Waals surface area contributed by atoms with Gasteiger partial charge in [0.2, 0.25) is 5.91 Å². The highest BCUT2D eigenvalue weighted by molar-refractivity contribution is 7.92. The zero-order valence-electron chi connectivity index (χ0n) is 27.8. The topological polar surface area (TPSA) is 157 Å². The number of fused-ring (bicyclic) bond motifs is 1. The minimum atomic E-state index is -3.80. The molecule has 2 unspecified atom stereocenters. The summed E-state index contributed by atoms with van der Waals surface area (Å²) in [5.41, 5.74) is 0.526. The molecule has 3 aliphatic rings. The maximum Gasteiger partial charge on any atom is 0.287 e. The summed E-state index contributed by atoms with van der Waals surface area (Å²) >= 11 is 0. The average molecular weight is 695 g/mol. The van der Waals surface area contributed by atoms with Crippen LogP contribution in [0.2, 0.25) is 0 Å². The number of aromatic nitrogens is 1. The Morgan fingerprint density at radius 1 is 1.00 bits per heavy atom. The molecule has 1 aromatic carbocycles. The van der Waals surface area contributed by atoms with Crippen molar-refractivity contribution in [3.63, 3.8) is 0 Å². The first-order chi connectivity index (χ1) is 23.8. The number of ether oxygens (including phenoxy) is 2. The molecule has 2 aliphatic carbocycles. The molecule has 13 heteroatoms. The summed E-state index contributed by atoms with van der Waals surface area (Å²) in [4.78, 5) is 46.9. The van der Waals surface area contributed by atoms with E-state index in [1.165, 1.54) is 12.3 Å². The van der Waals surface area contributed by atoms with Gasteiger partial charge in [-0.05, 0) is 68.0 Å². The Morgan fingerprint density at radius 2 is 1.82 bits per heavy atom. The number of rotatable bonds is 12. The van der Waals surface area contributed by atoms with Crippen LogP contribution in [0.4, 0.5) is 0 Å². The number of amides is 2. The van der Waals surface area contributed by atoms with Crippen LogP contribution < -0.4 is 15.4 Å². The molecule has 12 nitrogen and oxygen atoms in total. The van der Waals surface area contributed by atoms with Gasteiger partial charge < -0.3 is 24.5 Å². The highest BCUT2D eigenvalue weighted by atomic mass is 32.2. The van der Waals surface area contributed by atoms with E-state index in [9.17, 15) is 22.8 Å². The van der Waals surface area contributed by atoms with Crippen LogP contribution in [0, 0.1) is 5.92 Å². The van der Waals surface area contributed by atoms with Crippen molar-refractivity contribution in [2.45, 2.75) is 86.6 Å². The molecule has 49 heavy (non-hydrogen) atoms. The molecule has 2 amide bonds.